The molecule has 2 aromatic rings. The van der Waals surface area contributed by atoms with Gasteiger partial charge in [-0.05, 0) is 51.1 Å². The quantitative estimate of drug-likeness (QED) is 0.759. The highest BCUT2D eigenvalue weighted by molar-refractivity contribution is 9.10. The molecular formula is C20H21BrFN3O3. The van der Waals surface area contributed by atoms with Gasteiger partial charge in [-0.25, -0.2) is 9.18 Å². The topological polar surface area (TPSA) is 76.3 Å². The van der Waals surface area contributed by atoms with Gasteiger partial charge in [0.05, 0.1) is 19.3 Å². The second-order valence-electron chi connectivity index (χ2n) is 7.67. The van der Waals surface area contributed by atoms with Crippen molar-refractivity contribution in [1.82, 2.24) is 9.88 Å². The van der Waals surface area contributed by atoms with Gasteiger partial charge in [-0.2, -0.15) is 5.26 Å². The first-order valence-corrected chi connectivity index (χ1v) is 9.57. The van der Waals surface area contributed by atoms with Crippen LogP contribution in [0.5, 0.6) is 0 Å². The maximum atomic E-state index is 14.9. The van der Waals surface area contributed by atoms with E-state index in [0.717, 1.165) is 0 Å². The Morgan fingerprint density at radius 1 is 1.46 bits per heavy atom. The number of alkyl carbamates (subject to hydrolysis) is 1. The highest BCUT2D eigenvalue weighted by Gasteiger charge is 2.50. The van der Waals surface area contributed by atoms with Gasteiger partial charge in [-0.1, -0.05) is 15.9 Å². The Bertz CT molecular complexity index is 932. The first-order chi connectivity index (χ1) is 13.2. The fourth-order valence-electron chi connectivity index (χ4n) is 3.42. The van der Waals surface area contributed by atoms with E-state index in [2.05, 4.69) is 27.3 Å². The van der Waals surface area contributed by atoms with Gasteiger partial charge in [0.2, 0.25) is 0 Å². The molecule has 148 valence electrons. The number of nitriles is 1. The molecule has 8 heteroatoms. The van der Waals surface area contributed by atoms with Crippen LogP contribution < -0.4 is 5.32 Å². The van der Waals surface area contributed by atoms with E-state index in [4.69, 9.17) is 9.47 Å². The summed E-state index contributed by atoms with van der Waals surface area (Å²) < 4.78 is 28.4. The lowest BCUT2D eigenvalue weighted by atomic mass is 9.84. The Morgan fingerprint density at radius 3 is 2.89 bits per heavy atom. The monoisotopic (exact) mass is 449 g/mol. The van der Waals surface area contributed by atoms with Crippen LogP contribution in [0.4, 0.5) is 9.18 Å². The SMILES string of the molecule is CC(C)(C)OC(=O)N[C@@]1(c2cc(Br)ccc2F)COC[C@H]1n1cccc1C#N. The zero-order valence-electron chi connectivity index (χ0n) is 15.8. The molecule has 0 unspecified atom stereocenters. The average Bonchev–Trinajstić information content (AvgIpc) is 3.21. The van der Waals surface area contributed by atoms with Gasteiger partial charge in [0, 0.05) is 16.2 Å². The largest absolute Gasteiger partial charge is 0.444 e. The van der Waals surface area contributed by atoms with Gasteiger partial charge in [0.1, 0.15) is 28.7 Å². The summed E-state index contributed by atoms with van der Waals surface area (Å²) >= 11 is 3.37. The van der Waals surface area contributed by atoms with E-state index in [9.17, 15) is 14.4 Å². The minimum atomic E-state index is -1.25. The number of benzene rings is 1. The summed E-state index contributed by atoms with van der Waals surface area (Å²) in [5, 5.41) is 12.3. The van der Waals surface area contributed by atoms with Gasteiger partial charge in [0.15, 0.2) is 0 Å². The molecular weight excluding hydrogens is 429 g/mol. The van der Waals surface area contributed by atoms with Crippen molar-refractivity contribution >= 4 is 22.0 Å². The molecule has 28 heavy (non-hydrogen) atoms. The second-order valence-corrected chi connectivity index (χ2v) is 8.58. The first-order valence-electron chi connectivity index (χ1n) is 8.78. The summed E-state index contributed by atoms with van der Waals surface area (Å²) in [5.74, 6) is -0.486. The molecule has 2 heterocycles. The van der Waals surface area contributed by atoms with Crippen molar-refractivity contribution in [2.45, 2.75) is 38.0 Å². The van der Waals surface area contributed by atoms with Gasteiger partial charge >= 0.3 is 6.09 Å². The number of nitrogens with one attached hydrogen (secondary N) is 1. The summed E-state index contributed by atoms with van der Waals surface area (Å²) in [6.07, 6.45) is 1.03. The normalized spacial score (nSPS) is 21.9. The van der Waals surface area contributed by atoms with Crippen molar-refractivity contribution in [3.63, 3.8) is 0 Å². The van der Waals surface area contributed by atoms with Crippen molar-refractivity contribution in [3.8, 4) is 6.07 Å². The van der Waals surface area contributed by atoms with Crippen molar-refractivity contribution in [2.24, 2.45) is 0 Å². The average molecular weight is 450 g/mol. The van der Waals surface area contributed by atoms with Crippen molar-refractivity contribution in [1.29, 1.82) is 5.26 Å². The predicted molar refractivity (Wildman–Crippen MR) is 104 cm³/mol. The molecule has 1 fully saturated rings. The van der Waals surface area contributed by atoms with Crippen LogP contribution in [0, 0.1) is 17.1 Å². The van der Waals surface area contributed by atoms with E-state index >= 15 is 0 Å². The third kappa shape index (κ3) is 3.91. The van der Waals surface area contributed by atoms with Crippen LogP contribution in [0.25, 0.3) is 0 Å². The molecule has 1 aliphatic heterocycles. The van der Waals surface area contributed by atoms with Gasteiger partial charge < -0.3 is 19.4 Å². The maximum absolute atomic E-state index is 14.9. The molecule has 2 atom stereocenters. The zero-order valence-corrected chi connectivity index (χ0v) is 17.4. The molecule has 1 aromatic carbocycles. The third-order valence-corrected chi connectivity index (χ3v) is 5.03. The molecule has 3 rings (SSSR count). The molecule has 1 N–H and O–H groups in total. The molecule has 0 bridgehead atoms. The highest BCUT2D eigenvalue weighted by atomic mass is 79.9. The van der Waals surface area contributed by atoms with Crippen molar-refractivity contribution < 1.29 is 18.7 Å². The summed E-state index contributed by atoms with van der Waals surface area (Å²) in [6.45, 7) is 5.49. The van der Waals surface area contributed by atoms with E-state index in [1.807, 2.05) is 0 Å². The van der Waals surface area contributed by atoms with Crippen LogP contribution in [0.2, 0.25) is 0 Å². The van der Waals surface area contributed by atoms with E-state index in [1.165, 1.54) is 6.07 Å². The van der Waals surface area contributed by atoms with Crippen LogP contribution in [0.15, 0.2) is 41.0 Å². The Kier molecular flexibility index (Phi) is 5.50. The van der Waals surface area contributed by atoms with Crippen molar-refractivity contribution in [3.05, 3.63) is 58.1 Å². The summed E-state index contributed by atoms with van der Waals surface area (Å²) in [6, 6.07) is 9.50. The number of amides is 1. The summed E-state index contributed by atoms with van der Waals surface area (Å²) in [5.41, 5.74) is -1.32. The number of nitrogens with zero attached hydrogens (tertiary/aromatic N) is 2. The number of hydrogen-bond acceptors (Lipinski definition) is 4. The van der Waals surface area contributed by atoms with E-state index in [1.54, 1.807) is 55.8 Å². The van der Waals surface area contributed by atoms with E-state index in [-0.39, 0.29) is 18.8 Å². The Balaban J connectivity index is 2.13. The molecule has 0 aliphatic carbocycles. The molecule has 6 nitrogen and oxygen atoms in total. The fraction of sp³-hybridized carbons (Fsp3) is 0.400. The lowest BCUT2D eigenvalue weighted by Crippen LogP contribution is -2.53. The summed E-state index contributed by atoms with van der Waals surface area (Å²) in [4.78, 5) is 12.7. The van der Waals surface area contributed by atoms with Crippen LogP contribution >= 0.6 is 15.9 Å². The third-order valence-electron chi connectivity index (χ3n) is 4.54. The highest BCUT2D eigenvalue weighted by Crippen LogP contribution is 2.42. The second kappa shape index (κ2) is 7.57. The van der Waals surface area contributed by atoms with Gasteiger partial charge in [-0.15, -0.1) is 0 Å². The molecule has 0 spiro atoms. The first kappa shape index (κ1) is 20.4. The molecule has 1 saturated heterocycles. The lowest BCUT2D eigenvalue weighted by Gasteiger charge is -2.37. The number of hydrogen-bond donors (Lipinski definition) is 1. The van der Waals surface area contributed by atoms with Crippen molar-refractivity contribution in [2.75, 3.05) is 13.2 Å². The molecule has 0 saturated carbocycles. The number of carbonyl (C=O) groups excluding carboxylic acids is 1. The lowest BCUT2D eigenvalue weighted by molar-refractivity contribution is 0.0415. The van der Waals surface area contributed by atoms with E-state index in [0.29, 0.717) is 10.2 Å². The number of aromatic nitrogens is 1. The smallest absolute Gasteiger partial charge is 0.408 e. The van der Waals surface area contributed by atoms with Crippen LogP contribution in [0.1, 0.15) is 38.1 Å². The number of rotatable bonds is 3. The standard InChI is InChI=1S/C20H21BrFN3O3/c1-19(2,3)28-18(26)24-20(15-9-13(21)6-7-16(15)22)12-27-11-17(20)25-8-4-5-14(25)10-23/h4-9,17H,11-12H2,1-3H3,(H,24,26)/t17-,20-/m1/s1. The minimum absolute atomic E-state index is 0.0351. The van der Waals surface area contributed by atoms with Gasteiger partial charge in [0.25, 0.3) is 0 Å². The molecule has 1 aliphatic rings. The van der Waals surface area contributed by atoms with Crippen LogP contribution in [0.3, 0.4) is 0 Å². The van der Waals surface area contributed by atoms with Gasteiger partial charge in [-0.3, -0.25) is 0 Å². The van der Waals surface area contributed by atoms with Crippen LogP contribution in [-0.4, -0.2) is 29.5 Å². The Labute approximate surface area is 171 Å². The molecule has 1 aromatic heterocycles. The van der Waals surface area contributed by atoms with E-state index < -0.39 is 29.1 Å². The molecule has 1 amide bonds. The minimum Gasteiger partial charge on any atom is -0.444 e. The Morgan fingerprint density at radius 2 is 2.21 bits per heavy atom. The van der Waals surface area contributed by atoms with Crippen LogP contribution in [-0.2, 0) is 15.0 Å². The predicted octanol–water partition coefficient (Wildman–Crippen LogP) is 4.25. The maximum Gasteiger partial charge on any atom is 0.408 e. The fourth-order valence-corrected chi connectivity index (χ4v) is 3.78. The Hall–Kier alpha value is -2.37. The number of carbonyl (C=O) groups is 1. The zero-order chi connectivity index (χ0) is 20.5. The summed E-state index contributed by atoms with van der Waals surface area (Å²) in [7, 11) is 0. The number of ether oxygens (including phenoxy) is 2. The number of halogens is 2. The molecule has 0 radical (unpaired) electrons.